The monoisotopic (exact) mass is 276 g/mol. The van der Waals surface area contributed by atoms with Crippen molar-refractivity contribution in [2.45, 2.75) is 10.8 Å². The predicted octanol–water partition coefficient (Wildman–Crippen LogP) is 3.79. The molecule has 0 aromatic heterocycles. The number of hydrogen-bond acceptors (Lipinski definition) is 2. The molecule has 98 valence electrons. The van der Waals surface area contributed by atoms with Crippen LogP contribution in [0.5, 0.6) is 0 Å². The van der Waals surface area contributed by atoms with Crippen LogP contribution in [0.4, 0.5) is 4.39 Å². The van der Waals surface area contributed by atoms with Gasteiger partial charge in [-0.15, -0.1) is 11.8 Å². The van der Waals surface area contributed by atoms with Gasteiger partial charge < -0.3 is 5.11 Å². The van der Waals surface area contributed by atoms with Crippen LogP contribution >= 0.6 is 11.8 Å². The second kappa shape index (κ2) is 6.38. The first-order chi connectivity index (χ1) is 9.18. The minimum absolute atomic E-state index is 0.306. The Balaban J connectivity index is 2.11. The minimum Gasteiger partial charge on any atom is -0.481 e. The molecule has 0 aliphatic rings. The van der Waals surface area contributed by atoms with Crippen molar-refractivity contribution in [1.29, 1.82) is 0 Å². The Morgan fingerprint density at radius 3 is 2.37 bits per heavy atom. The molecule has 0 aliphatic heterocycles. The van der Waals surface area contributed by atoms with Crippen LogP contribution < -0.4 is 0 Å². The van der Waals surface area contributed by atoms with Crippen molar-refractivity contribution >= 4 is 17.7 Å². The van der Waals surface area contributed by atoms with Gasteiger partial charge in [0.1, 0.15) is 5.82 Å². The van der Waals surface area contributed by atoms with Gasteiger partial charge in [0.25, 0.3) is 0 Å². The van der Waals surface area contributed by atoms with Crippen LogP contribution in [0, 0.1) is 5.82 Å². The van der Waals surface area contributed by atoms with Crippen LogP contribution in [-0.4, -0.2) is 16.8 Å². The molecule has 0 saturated carbocycles. The summed E-state index contributed by atoms with van der Waals surface area (Å²) in [5.41, 5.74) is 0.735. The lowest BCUT2D eigenvalue weighted by Crippen LogP contribution is -2.14. The van der Waals surface area contributed by atoms with Gasteiger partial charge in [0.05, 0.1) is 5.92 Å². The van der Waals surface area contributed by atoms with E-state index in [9.17, 15) is 14.3 Å². The number of halogens is 1. The Morgan fingerprint density at radius 1 is 1.11 bits per heavy atom. The van der Waals surface area contributed by atoms with Crippen LogP contribution in [0.3, 0.4) is 0 Å². The van der Waals surface area contributed by atoms with Crippen molar-refractivity contribution in [3.8, 4) is 0 Å². The quantitative estimate of drug-likeness (QED) is 0.844. The number of benzene rings is 2. The minimum atomic E-state index is -0.893. The Morgan fingerprint density at radius 2 is 1.74 bits per heavy atom. The number of rotatable bonds is 5. The van der Waals surface area contributed by atoms with Crippen molar-refractivity contribution in [2.75, 3.05) is 5.75 Å². The van der Waals surface area contributed by atoms with Gasteiger partial charge in [0, 0.05) is 10.6 Å². The summed E-state index contributed by atoms with van der Waals surface area (Å²) < 4.78 is 13.5. The third-order valence-electron chi connectivity index (χ3n) is 2.74. The number of carboxylic acids is 1. The van der Waals surface area contributed by atoms with Crippen LogP contribution in [0.1, 0.15) is 11.5 Å². The van der Waals surface area contributed by atoms with Gasteiger partial charge in [-0.3, -0.25) is 4.79 Å². The van der Waals surface area contributed by atoms with E-state index >= 15 is 0 Å². The summed E-state index contributed by atoms with van der Waals surface area (Å²) in [7, 11) is 0. The normalized spacial score (nSPS) is 12.1. The molecule has 1 N–H and O–H groups in total. The Bertz CT molecular complexity index is 557. The van der Waals surface area contributed by atoms with Gasteiger partial charge >= 0.3 is 5.97 Å². The molecule has 0 bridgehead atoms. The van der Waals surface area contributed by atoms with E-state index in [1.54, 1.807) is 42.5 Å². The maximum atomic E-state index is 13.5. The Labute approximate surface area is 115 Å². The second-order valence-electron chi connectivity index (χ2n) is 4.04. The number of carboxylic acid groups (broad SMARTS) is 1. The summed E-state index contributed by atoms with van der Waals surface area (Å²) in [4.78, 5) is 11.8. The summed E-state index contributed by atoms with van der Waals surface area (Å²) in [6.07, 6.45) is 0. The SMILES string of the molecule is O=C(O)C(CSc1ccccc1F)c1ccccc1. The molecule has 0 heterocycles. The van der Waals surface area contributed by atoms with E-state index in [2.05, 4.69) is 0 Å². The number of thioether (sulfide) groups is 1. The number of aliphatic carboxylic acids is 1. The molecule has 19 heavy (non-hydrogen) atoms. The van der Waals surface area contributed by atoms with Gasteiger partial charge in [-0.25, -0.2) is 4.39 Å². The highest BCUT2D eigenvalue weighted by Gasteiger charge is 2.20. The zero-order chi connectivity index (χ0) is 13.7. The van der Waals surface area contributed by atoms with Crippen molar-refractivity contribution in [1.82, 2.24) is 0 Å². The third-order valence-corrected chi connectivity index (χ3v) is 3.88. The van der Waals surface area contributed by atoms with E-state index in [-0.39, 0.29) is 5.82 Å². The lowest BCUT2D eigenvalue weighted by atomic mass is 10.0. The van der Waals surface area contributed by atoms with Gasteiger partial charge in [0.15, 0.2) is 0 Å². The molecule has 1 unspecified atom stereocenters. The average molecular weight is 276 g/mol. The van der Waals surface area contributed by atoms with E-state index in [1.165, 1.54) is 17.8 Å². The molecule has 0 aliphatic carbocycles. The predicted molar refractivity (Wildman–Crippen MR) is 73.9 cm³/mol. The first-order valence-corrected chi connectivity index (χ1v) is 6.82. The van der Waals surface area contributed by atoms with Gasteiger partial charge in [-0.2, -0.15) is 0 Å². The van der Waals surface area contributed by atoms with Crippen molar-refractivity contribution in [3.05, 3.63) is 66.0 Å². The first kappa shape index (κ1) is 13.6. The Hall–Kier alpha value is -1.81. The number of hydrogen-bond donors (Lipinski definition) is 1. The highest BCUT2D eigenvalue weighted by molar-refractivity contribution is 7.99. The van der Waals surface area contributed by atoms with Crippen molar-refractivity contribution < 1.29 is 14.3 Å². The molecule has 2 nitrogen and oxygen atoms in total. The van der Waals surface area contributed by atoms with E-state index in [4.69, 9.17) is 0 Å². The van der Waals surface area contributed by atoms with E-state index in [1.807, 2.05) is 6.07 Å². The molecule has 2 aromatic carbocycles. The van der Waals surface area contributed by atoms with Crippen LogP contribution in [0.2, 0.25) is 0 Å². The molecule has 0 spiro atoms. The fourth-order valence-corrected chi connectivity index (χ4v) is 2.79. The van der Waals surface area contributed by atoms with Crippen LogP contribution in [0.25, 0.3) is 0 Å². The fourth-order valence-electron chi connectivity index (χ4n) is 1.73. The zero-order valence-corrected chi connectivity index (χ0v) is 10.9. The average Bonchev–Trinajstić information content (AvgIpc) is 2.42. The molecule has 4 heteroatoms. The topological polar surface area (TPSA) is 37.3 Å². The summed E-state index contributed by atoms with van der Waals surface area (Å²) in [5, 5.41) is 9.27. The fraction of sp³-hybridized carbons (Fsp3) is 0.133. The van der Waals surface area contributed by atoms with E-state index in [0.717, 1.165) is 5.56 Å². The van der Waals surface area contributed by atoms with Crippen molar-refractivity contribution in [2.24, 2.45) is 0 Å². The molecular formula is C15H13FO2S. The second-order valence-corrected chi connectivity index (χ2v) is 5.10. The lowest BCUT2D eigenvalue weighted by molar-refractivity contribution is -0.138. The summed E-state index contributed by atoms with van der Waals surface area (Å²) in [5.74, 6) is -1.54. The largest absolute Gasteiger partial charge is 0.481 e. The lowest BCUT2D eigenvalue weighted by Gasteiger charge is -2.12. The number of carbonyl (C=O) groups is 1. The third kappa shape index (κ3) is 3.58. The smallest absolute Gasteiger partial charge is 0.311 e. The highest BCUT2D eigenvalue weighted by atomic mass is 32.2. The molecule has 0 amide bonds. The highest BCUT2D eigenvalue weighted by Crippen LogP contribution is 2.28. The molecule has 1 atom stereocenters. The van der Waals surface area contributed by atoms with Crippen LogP contribution in [0.15, 0.2) is 59.5 Å². The van der Waals surface area contributed by atoms with Gasteiger partial charge in [0.2, 0.25) is 0 Å². The molecule has 0 fully saturated rings. The molecule has 2 aromatic rings. The standard InChI is InChI=1S/C15H13FO2S/c16-13-8-4-5-9-14(13)19-10-12(15(17)18)11-6-2-1-3-7-11/h1-9,12H,10H2,(H,17,18). The van der Waals surface area contributed by atoms with E-state index in [0.29, 0.717) is 10.6 Å². The Kier molecular flexibility index (Phi) is 4.58. The van der Waals surface area contributed by atoms with Gasteiger partial charge in [-0.1, -0.05) is 42.5 Å². The zero-order valence-electron chi connectivity index (χ0n) is 10.1. The maximum Gasteiger partial charge on any atom is 0.311 e. The molecule has 0 saturated heterocycles. The molecule has 2 rings (SSSR count). The maximum absolute atomic E-state index is 13.5. The first-order valence-electron chi connectivity index (χ1n) is 5.83. The summed E-state index contributed by atoms with van der Waals surface area (Å²) in [6, 6.07) is 15.4. The molecular weight excluding hydrogens is 263 g/mol. The van der Waals surface area contributed by atoms with E-state index < -0.39 is 11.9 Å². The summed E-state index contributed by atoms with van der Waals surface area (Å²) in [6.45, 7) is 0. The van der Waals surface area contributed by atoms with Crippen molar-refractivity contribution in [3.63, 3.8) is 0 Å². The van der Waals surface area contributed by atoms with Crippen LogP contribution in [-0.2, 0) is 4.79 Å². The molecule has 0 radical (unpaired) electrons. The summed E-state index contributed by atoms with van der Waals surface area (Å²) >= 11 is 1.22. The van der Waals surface area contributed by atoms with Gasteiger partial charge in [-0.05, 0) is 17.7 Å².